The molecule has 1 amide bonds. The minimum absolute atomic E-state index is 0.129. The summed E-state index contributed by atoms with van der Waals surface area (Å²) in [5.41, 5.74) is 4.23. The fraction of sp³-hybridized carbons (Fsp3) is 0.125. The van der Waals surface area contributed by atoms with E-state index in [0.29, 0.717) is 5.71 Å². The van der Waals surface area contributed by atoms with Crippen LogP contribution in [-0.2, 0) is 14.3 Å². The molecule has 22 heavy (non-hydrogen) atoms. The standard InChI is InChI=1S/C16H15N3O3/c1-2-22-16(21)15(20)19-18-14(12-7-4-3-5-8-12)13-9-6-10-17-11-13/h3-11H,2H2,1H3,(H,19,20)/b18-14-. The molecular weight excluding hydrogens is 282 g/mol. The number of benzene rings is 1. The highest BCUT2D eigenvalue weighted by Crippen LogP contribution is 2.09. The first-order chi connectivity index (χ1) is 10.7. The van der Waals surface area contributed by atoms with Crippen LogP contribution in [-0.4, -0.2) is 29.2 Å². The highest BCUT2D eigenvalue weighted by Gasteiger charge is 2.15. The Morgan fingerprint density at radius 3 is 2.50 bits per heavy atom. The van der Waals surface area contributed by atoms with Gasteiger partial charge in [-0.1, -0.05) is 30.3 Å². The summed E-state index contributed by atoms with van der Waals surface area (Å²) in [6.45, 7) is 1.75. The number of ether oxygens (including phenoxy) is 1. The van der Waals surface area contributed by atoms with Gasteiger partial charge in [-0.3, -0.25) is 9.78 Å². The normalized spacial score (nSPS) is 10.9. The summed E-state index contributed by atoms with van der Waals surface area (Å²) in [6, 6.07) is 12.9. The van der Waals surface area contributed by atoms with Gasteiger partial charge in [-0.15, -0.1) is 0 Å². The van der Waals surface area contributed by atoms with Crippen molar-refractivity contribution in [2.24, 2.45) is 5.10 Å². The second kappa shape index (κ2) is 7.68. The fourth-order valence-corrected chi connectivity index (χ4v) is 1.74. The van der Waals surface area contributed by atoms with Gasteiger partial charge in [-0.25, -0.2) is 10.2 Å². The smallest absolute Gasteiger partial charge is 0.398 e. The van der Waals surface area contributed by atoms with Crippen molar-refractivity contribution < 1.29 is 14.3 Å². The lowest BCUT2D eigenvalue weighted by Gasteiger charge is -2.07. The molecule has 0 aliphatic heterocycles. The van der Waals surface area contributed by atoms with Crippen molar-refractivity contribution in [3.63, 3.8) is 0 Å². The number of hydrogen-bond acceptors (Lipinski definition) is 5. The van der Waals surface area contributed by atoms with Crippen molar-refractivity contribution in [2.45, 2.75) is 6.92 Å². The van der Waals surface area contributed by atoms with Crippen LogP contribution >= 0.6 is 0 Å². The molecule has 0 bridgehead atoms. The number of amides is 1. The van der Waals surface area contributed by atoms with E-state index in [9.17, 15) is 9.59 Å². The number of nitrogens with one attached hydrogen (secondary N) is 1. The lowest BCUT2D eigenvalue weighted by molar-refractivity contribution is -0.154. The number of rotatable bonds is 4. The quantitative estimate of drug-likeness (QED) is 0.401. The minimum Gasteiger partial charge on any atom is -0.459 e. The summed E-state index contributed by atoms with van der Waals surface area (Å²) in [5, 5.41) is 4.04. The summed E-state index contributed by atoms with van der Waals surface area (Å²) in [4.78, 5) is 26.9. The van der Waals surface area contributed by atoms with Crippen LogP contribution in [0, 0.1) is 0 Å². The lowest BCUT2D eigenvalue weighted by atomic mass is 10.0. The predicted molar refractivity (Wildman–Crippen MR) is 81.1 cm³/mol. The van der Waals surface area contributed by atoms with Crippen LogP contribution in [0.25, 0.3) is 0 Å². The van der Waals surface area contributed by atoms with Crippen LogP contribution in [0.3, 0.4) is 0 Å². The Morgan fingerprint density at radius 2 is 1.86 bits per heavy atom. The van der Waals surface area contributed by atoms with Crippen molar-refractivity contribution >= 4 is 17.6 Å². The Bertz CT molecular complexity index is 628. The first kappa shape index (κ1) is 15.4. The van der Waals surface area contributed by atoms with Gasteiger partial charge in [0.1, 0.15) is 0 Å². The van der Waals surface area contributed by atoms with Gasteiger partial charge in [0.2, 0.25) is 0 Å². The van der Waals surface area contributed by atoms with Gasteiger partial charge in [0.05, 0.1) is 12.3 Å². The SMILES string of the molecule is CCOC(=O)C(=O)N/N=C(/c1ccccc1)c1cccnc1. The highest BCUT2D eigenvalue weighted by atomic mass is 16.5. The van der Waals surface area contributed by atoms with Gasteiger partial charge < -0.3 is 4.74 Å². The molecule has 0 aliphatic rings. The summed E-state index contributed by atoms with van der Waals surface area (Å²) in [6.07, 6.45) is 3.27. The molecule has 1 heterocycles. The average Bonchev–Trinajstić information content (AvgIpc) is 2.57. The number of carbonyl (C=O) groups excluding carboxylic acids is 2. The largest absolute Gasteiger partial charge is 0.459 e. The molecule has 0 saturated heterocycles. The Hall–Kier alpha value is -3.02. The third-order valence-corrected chi connectivity index (χ3v) is 2.71. The number of carbonyl (C=O) groups is 2. The maximum Gasteiger partial charge on any atom is 0.398 e. The van der Waals surface area contributed by atoms with E-state index in [1.165, 1.54) is 0 Å². The first-order valence-corrected chi connectivity index (χ1v) is 6.73. The van der Waals surface area contributed by atoms with E-state index < -0.39 is 11.9 Å². The molecule has 0 saturated carbocycles. The summed E-state index contributed by atoms with van der Waals surface area (Å²) >= 11 is 0. The average molecular weight is 297 g/mol. The molecule has 2 rings (SSSR count). The van der Waals surface area contributed by atoms with Gasteiger partial charge in [0, 0.05) is 23.5 Å². The van der Waals surface area contributed by atoms with E-state index >= 15 is 0 Å². The van der Waals surface area contributed by atoms with E-state index in [4.69, 9.17) is 0 Å². The Labute approximate surface area is 127 Å². The van der Waals surface area contributed by atoms with Crippen LogP contribution in [0.5, 0.6) is 0 Å². The molecule has 0 radical (unpaired) electrons. The lowest BCUT2D eigenvalue weighted by Crippen LogP contribution is -2.30. The zero-order chi connectivity index (χ0) is 15.8. The number of hydrogen-bond donors (Lipinski definition) is 1. The van der Waals surface area contributed by atoms with Crippen LogP contribution < -0.4 is 5.43 Å². The number of aromatic nitrogens is 1. The van der Waals surface area contributed by atoms with Gasteiger partial charge >= 0.3 is 11.9 Å². The van der Waals surface area contributed by atoms with Crippen molar-refractivity contribution in [2.75, 3.05) is 6.61 Å². The maximum absolute atomic E-state index is 11.6. The van der Waals surface area contributed by atoms with E-state index in [-0.39, 0.29) is 6.61 Å². The maximum atomic E-state index is 11.6. The van der Waals surface area contributed by atoms with E-state index in [1.807, 2.05) is 36.4 Å². The molecule has 0 fully saturated rings. The number of nitrogens with zero attached hydrogens (tertiary/aromatic N) is 2. The number of hydrazone groups is 1. The van der Waals surface area contributed by atoms with Gasteiger partial charge in [-0.2, -0.15) is 5.10 Å². The van der Waals surface area contributed by atoms with Crippen LogP contribution in [0.2, 0.25) is 0 Å². The van der Waals surface area contributed by atoms with Crippen molar-refractivity contribution in [1.82, 2.24) is 10.4 Å². The Morgan fingerprint density at radius 1 is 1.14 bits per heavy atom. The zero-order valence-electron chi connectivity index (χ0n) is 12.0. The topological polar surface area (TPSA) is 80.7 Å². The second-order valence-electron chi connectivity index (χ2n) is 4.23. The third kappa shape index (κ3) is 3.99. The molecule has 0 atom stereocenters. The van der Waals surface area contributed by atoms with E-state index in [2.05, 4.69) is 20.2 Å². The molecule has 0 aliphatic carbocycles. The van der Waals surface area contributed by atoms with Crippen LogP contribution in [0.4, 0.5) is 0 Å². The molecule has 0 spiro atoms. The molecule has 0 unspecified atom stereocenters. The van der Waals surface area contributed by atoms with Crippen molar-refractivity contribution in [1.29, 1.82) is 0 Å². The minimum atomic E-state index is -0.968. The van der Waals surface area contributed by atoms with Crippen LogP contribution in [0.15, 0.2) is 60.0 Å². The molecular formula is C16H15N3O3. The van der Waals surface area contributed by atoms with Crippen molar-refractivity contribution in [3.05, 3.63) is 66.0 Å². The third-order valence-electron chi connectivity index (χ3n) is 2.71. The molecule has 6 heteroatoms. The fourth-order valence-electron chi connectivity index (χ4n) is 1.74. The summed E-state index contributed by atoms with van der Waals surface area (Å²) < 4.78 is 4.61. The number of pyridine rings is 1. The Balaban J connectivity index is 2.28. The molecule has 112 valence electrons. The Kier molecular flexibility index (Phi) is 5.37. The molecule has 1 aromatic carbocycles. The predicted octanol–water partition coefficient (Wildman–Crippen LogP) is 1.51. The van der Waals surface area contributed by atoms with E-state index in [0.717, 1.165) is 11.1 Å². The molecule has 2 aromatic rings. The summed E-state index contributed by atoms with van der Waals surface area (Å²) in [5.74, 6) is -1.89. The zero-order valence-corrected chi connectivity index (χ0v) is 12.0. The van der Waals surface area contributed by atoms with Crippen molar-refractivity contribution in [3.8, 4) is 0 Å². The molecule has 6 nitrogen and oxygen atoms in total. The van der Waals surface area contributed by atoms with Gasteiger partial charge in [0.15, 0.2) is 0 Å². The van der Waals surface area contributed by atoms with Gasteiger partial charge in [0.25, 0.3) is 0 Å². The highest BCUT2D eigenvalue weighted by molar-refractivity contribution is 6.32. The summed E-state index contributed by atoms with van der Waals surface area (Å²) in [7, 11) is 0. The molecule has 1 N–H and O–H groups in total. The molecule has 1 aromatic heterocycles. The number of esters is 1. The first-order valence-electron chi connectivity index (χ1n) is 6.73. The van der Waals surface area contributed by atoms with E-state index in [1.54, 1.807) is 25.4 Å². The second-order valence-corrected chi connectivity index (χ2v) is 4.23. The monoisotopic (exact) mass is 297 g/mol. The van der Waals surface area contributed by atoms with Crippen LogP contribution in [0.1, 0.15) is 18.1 Å². The van der Waals surface area contributed by atoms with Gasteiger partial charge in [-0.05, 0) is 19.1 Å².